The number of phosphoric ester groups is 1. The van der Waals surface area contributed by atoms with E-state index in [2.05, 4.69) is 55.6 Å². The molecule has 0 aliphatic heterocycles. The van der Waals surface area contributed by atoms with E-state index >= 15 is 0 Å². The zero-order valence-electron chi connectivity index (χ0n) is 44.1. The largest absolute Gasteiger partial charge is 0.756 e. The molecule has 0 aromatic rings. The number of hydrogen-bond donors (Lipinski definition) is 2. The Morgan fingerprint density at radius 2 is 0.879 bits per heavy atom. The van der Waals surface area contributed by atoms with Crippen molar-refractivity contribution in [3.05, 3.63) is 48.6 Å². The van der Waals surface area contributed by atoms with Crippen LogP contribution in [0.1, 0.15) is 258 Å². The van der Waals surface area contributed by atoms with E-state index in [-0.39, 0.29) is 12.5 Å². The third-order valence-electron chi connectivity index (χ3n) is 12.5. The van der Waals surface area contributed by atoms with Crippen LogP contribution in [0.25, 0.3) is 0 Å². The van der Waals surface area contributed by atoms with Crippen LogP contribution in [0.2, 0.25) is 0 Å². The van der Waals surface area contributed by atoms with Crippen LogP contribution < -0.4 is 10.2 Å². The molecule has 0 spiro atoms. The van der Waals surface area contributed by atoms with Crippen LogP contribution in [0.4, 0.5) is 0 Å². The average Bonchev–Trinajstić information content (AvgIpc) is 3.28. The molecule has 3 atom stereocenters. The van der Waals surface area contributed by atoms with E-state index in [0.717, 1.165) is 51.4 Å². The second-order valence-electron chi connectivity index (χ2n) is 20.3. The maximum Gasteiger partial charge on any atom is 0.268 e. The molecule has 0 heterocycles. The minimum absolute atomic E-state index is 0.00914. The predicted molar refractivity (Wildman–Crippen MR) is 284 cm³/mol. The van der Waals surface area contributed by atoms with Gasteiger partial charge in [-0.3, -0.25) is 9.36 Å². The molecule has 2 N–H and O–H groups in total. The van der Waals surface area contributed by atoms with E-state index in [0.29, 0.717) is 17.4 Å². The number of quaternary nitrogens is 1. The Morgan fingerprint density at radius 1 is 0.515 bits per heavy atom. The summed E-state index contributed by atoms with van der Waals surface area (Å²) < 4.78 is 23.2. The summed E-state index contributed by atoms with van der Waals surface area (Å²) in [5.41, 5.74) is 0. The molecule has 0 aliphatic carbocycles. The number of unbranched alkanes of at least 4 members (excludes halogenated alkanes) is 32. The summed E-state index contributed by atoms with van der Waals surface area (Å²) in [6.07, 6.45) is 63.6. The number of hydrogen-bond acceptors (Lipinski definition) is 6. The summed E-state index contributed by atoms with van der Waals surface area (Å²) in [6.45, 7) is 4.55. The summed E-state index contributed by atoms with van der Waals surface area (Å²) >= 11 is 0. The summed E-state index contributed by atoms with van der Waals surface area (Å²) in [6, 6.07) is -0.908. The van der Waals surface area contributed by atoms with Crippen LogP contribution in [0, 0.1) is 0 Å². The van der Waals surface area contributed by atoms with Gasteiger partial charge in [0.2, 0.25) is 5.91 Å². The molecule has 9 heteroatoms. The van der Waals surface area contributed by atoms with E-state index in [1.807, 2.05) is 27.2 Å². The normalized spacial score (nSPS) is 14.3. The van der Waals surface area contributed by atoms with Crippen LogP contribution in [0.15, 0.2) is 48.6 Å². The minimum atomic E-state index is -4.60. The van der Waals surface area contributed by atoms with Gasteiger partial charge in [0.05, 0.1) is 39.9 Å². The molecule has 0 radical (unpaired) electrons. The van der Waals surface area contributed by atoms with Gasteiger partial charge in [0.1, 0.15) is 13.2 Å². The molecule has 66 heavy (non-hydrogen) atoms. The van der Waals surface area contributed by atoms with E-state index in [1.54, 1.807) is 6.08 Å². The van der Waals surface area contributed by atoms with Gasteiger partial charge in [-0.05, 0) is 64.2 Å². The number of aliphatic hydroxyl groups is 1. The fourth-order valence-corrected chi connectivity index (χ4v) is 8.79. The van der Waals surface area contributed by atoms with Crippen molar-refractivity contribution in [2.45, 2.75) is 270 Å². The van der Waals surface area contributed by atoms with Crippen molar-refractivity contribution in [3.63, 3.8) is 0 Å². The second-order valence-corrected chi connectivity index (χ2v) is 21.7. The van der Waals surface area contributed by atoms with Crippen LogP contribution in [0.3, 0.4) is 0 Å². The molecule has 0 bridgehead atoms. The predicted octanol–water partition coefficient (Wildman–Crippen LogP) is 16.1. The van der Waals surface area contributed by atoms with Gasteiger partial charge in [0.15, 0.2) is 0 Å². The third-order valence-corrected chi connectivity index (χ3v) is 13.4. The Kier molecular flexibility index (Phi) is 47.4. The molecule has 0 aromatic heterocycles. The van der Waals surface area contributed by atoms with Gasteiger partial charge in [-0.1, -0.05) is 236 Å². The maximum absolute atomic E-state index is 12.9. The molecule has 0 saturated carbocycles. The first kappa shape index (κ1) is 64.5. The number of carbonyl (C=O) groups excluding carboxylic acids is 1. The number of rotatable bonds is 51. The lowest BCUT2D eigenvalue weighted by molar-refractivity contribution is -0.870. The molecular weight excluding hydrogens is 840 g/mol. The molecule has 0 saturated heterocycles. The number of nitrogens with one attached hydrogen (secondary N) is 1. The number of allylic oxidation sites excluding steroid dienone is 7. The molecular formula is C57H109N2O6P. The van der Waals surface area contributed by atoms with Gasteiger partial charge < -0.3 is 28.8 Å². The number of aliphatic hydroxyl groups excluding tert-OH is 1. The highest BCUT2D eigenvalue weighted by molar-refractivity contribution is 7.45. The monoisotopic (exact) mass is 949 g/mol. The number of amides is 1. The molecule has 0 rings (SSSR count). The van der Waals surface area contributed by atoms with E-state index in [4.69, 9.17) is 9.05 Å². The Balaban J connectivity index is 3.98. The Hall–Kier alpha value is -1.54. The highest BCUT2D eigenvalue weighted by Crippen LogP contribution is 2.38. The standard InChI is InChI=1S/C57H109N2O6P/c1-6-8-10-12-14-16-18-19-20-21-22-23-24-25-26-27-28-29-30-31-32-33-34-35-36-37-38-39-41-43-45-47-49-51-57(61)58-55(54-65-66(62,63)64-53-52-59(3,4)5)56(60)50-48-46-44-42-40-17-15-13-11-9-7-2/h11,13,25-26,40,42,48,50,55-56,60H,6-10,12,14-24,27-39,41,43-47,49,51-54H2,1-5H3,(H-,58,61,62,63)/b13-11+,26-25-,42-40+,50-48+. The van der Waals surface area contributed by atoms with Crippen molar-refractivity contribution < 1.29 is 32.9 Å². The lowest BCUT2D eigenvalue weighted by atomic mass is 10.0. The van der Waals surface area contributed by atoms with Crippen molar-refractivity contribution in [1.29, 1.82) is 0 Å². The van der Waals surface area contributed by atoms with Crippen molar-refractivity contribution >= 4 is 13.7 Å². The van der Waals surface area contributed by atoms with Crippen molar-refractivity contribution in [3.8, 4) is 0 Å². The number of likely N-dealkylation sites (N-methyl/N-ethyl adjacent to an activating group) is 1. The van der Waals surface area contributed by atoms with E-state index < -0.39 is 26.6 Å². The van der Waals surface area contributed by atoms with Crippen LogP contribution in [0.5, 0.6) is 0 Å². The SMILES string of the molecule is CCC/C=C/CC/C=C/CC/C=C/C(O)C(COP(=O)([O-])OCC[N+](C)(C)C)NC(=O)CCCCCCCCCCCCCCCCCCC/C=C\CCCCCCCCCCCCCC. The minimum Gasteiger partial charge on any atom is -0.756 e. The van der Waals surface area contributed by atoms with Gasteiger partial charge in [-0.15, -0.1) is 0 Å². The molecule has 0 aliphatic rings. The van der Waals surface area contributed by atoms with Gasteiger partial charge in [-0.25, -0.2) is 0 Å². The molecule has 0 aromatic carbocycles. The van der Waals surface area contributed by atoms with Crippen molar-refractivity contribution in [1.82, 2.24) is 5.32 Å². The quantitative estimate of drug-likeness (QED) is 0.0272. The molecule has 1 amide bonds. The van der Waals surface area contributed by atoms with Gasteiger partial charge in [0.25, 0.3) is 7.82 Å². The maximum atomic E-state index is 12.9. The summed E-state index contributed by atoms with van der Waals surface area (Å²) in [4.78, 5) is 25.4. The number of carbonyl (C=O) groups is 1. The summed E-state index contributed by atoms with van der Waals surface area (Å²) in [5, 5.41) is 13.8. The van der Waals surface area contributed by atoms with Crippen LogP contribution in [-0.4, -0.2) is 68.5 Å². The number of nitrogens with zero attached hydrogens (tertiary/aromatic N) is 1. The Labute approximate surface area is 409 Å². The molecule has 8 nitrogen and oxygen atoms in total. The molecule has 0 fully saturated rings. The number of phosphoric acid groups is 1. The summed E-state index contributed by atoms with van der Waals surface area (Å²) in [5.74, 6) is -0.211. The van der Waals surface area contributed by atoms with Gasteiger partial charge in [-0.2, -0.15) is 0 Å². The van der Waals surface area contributed by atoms with E-state index in [9.17, 15) is 19.4 Å². The highest BCUT2D eigenvalue weighted by atomic mass is 31.2. The van der Waals surface area contributed by atoms with Crippen molar-refractivity contribution in [2.24, 2.45) is 0 Å². The first-order valence-electron chi connectivity index (χ1n) is 28.0. The smallest absolute Gasteiger partial charge is 0.268 e. The first-order valence-corrected chi connectivity index (χ1v) is 29.5. The molecule has 388 valence electrons. The zero-order chi connectivity index (χ0) is 48.5. The van der Waals surface area contributed by atoms with Crippen LogP contribution in [-0.2, 0) is 18.4 Å². The topological polar surface area (TPSA) is 108 Å². The average molecular weight is 949 g/mol. The van der Waals surface area contributed by atoms with Crippen LogP contribution >= 0.6 is 7.82 Å². The Morgan fingerprint density at radius 3 is 1.29 bits per heavy atom. The third kappa shape index (κ3) is 50.3. The van der Waals surface area contributed by atoms with E-state index in [1.165, 1.54) is 186 Å². The van der Waals surface area contributed by atoms with Crippen molar-refractivity contribution in [2.75, 3.05) is 40.9 Å². The van der Waals surface area contributed by atoms with Gasteiger partial charge >= 0.3 is 0 Å². The summed E-state index contributed by atoms with van der Waals surface area (Å²) in [7, 11) is 1.24. The Bertz CT molecular complexity index is 1210. The first-order chi connectivity index (χ1) is 32.0. The van der Waals surface area contributed by atoms with Gasteiger partial charge in [0, 0.05) is 6.42 Å². The fraction of sp³-hybridized carbons (Fsp3) is 0.842. The lowest BCUT2D eigenvalue weighted by Gasteiger charge is -2.29. The lowest BCUT2D eigenvalue weighted by Crippen LogP contribution is -2.45. The fourth-order valence-electron chi connectivity index (χ4n) is 8.07. The highest BCUT2D eigenvalue weighted by Gasteiger charge is 2.23. The molecule has 3 unspecified atom stereocenters. The second kappa shape index (κ2) is 48.5. The zero-order valence-corrected chi connectivity index (χ0v) is 45.0.